The summed E-state index contributed by atoms with van der Waals surface area (Å²) in [6.07, 6.45) is 0. The predicted molar refractivity (Wildman–Crippen MR) is 131 cm³/mol. The third-order valence-electron chi connectivity index (χ3n) is 4.89. The summed E-state index contributed by atoms with van der Waals surface area (Å²) < 4.78 is 11.2. The predicted octanol–water partition coefficient (Wildman–Crippen LogP) is 5.90. The zero-order valence-electron chi connectivity index (χ0n) is 17.7. The first kappa shape index (κ1) is 21.8. The molecule has 162 valence electrons. The highest BCUT2D eigenvalue weighted by atomic mass is 35.5. The smallest absolute Gasteiger partial charge is 0.261 e. The lowest BCUT2D eigenvalue weighted by atomic mass is 10.1. The highest BCUT2D eigenvalue weighted by molar-refractivity contribution is 7.80. The van der Waals surface area contributed by atoms with Crippen LogP contribution in [0, 0.1) is 13.8 Å². The van der Waals surface area contributed by atoms with E-state index >= 15 is 0 Å². The van der Waals surface area contributed by atoms with Gasteiger partial charge in [0.05, 0.1) is 23.3 Å². The fourth-order valence-electron chi connectivity index (χ4n) is 3.35. The molecule has 1 heterocycles. The molecule has 0 aliphatic rings. The number of benzene rings is 3. The van der Waals surface area contributed by atoms with Crippen LogP contribution in [0.25, 0.3) is 22.6 Å². The second-order valence-corrected chi connectivity index (χ2v) is 8.06. The number of nitrogens with one attached hydrogen (secondary N) is 2. The normalized spacial score (nSPS) is 10.8. The van der Waals surface area contributed by atoms with Crippen molar-refractivity contribution < 1.29 is 13.9 Å². The molecule has 2 N–H and O–H groups in total. The van der Waals surface area contributed by atoms with Gasteiger partial charge in [-0.3, -0.25) is 10.1 Å². The number of hydrogen-bond donors (Lipinski definition) is 2. The summed E-state index contributed by atoms with van der Waals surface area (Å²) in [7, 11) is 1.53. The van der Waals surface area contributed by atoms with Gasteiger partial charge in [0.25, 0.3) is 5.91 Å². The van der Waals surface area contributed by atoms with Gasteiger partial charge in [-0.25, -0.2) is 4.98 Å². The fourth-order valence-corrected chi connectivity index (χ4v) is 3.76. The van der Waals surface area contributed by atoms with Crippen LogP contribution in [0.15, 0.2) is 59.0 Å². The number of amides is 1. The van der Waals surface area contributed by atoms with Gasteiger partial charge in [-0.05, 0) is 73.6 Å². The molecule has 0 unspecified atom stereocenters. The number of thiocarbonyl (C=S) groups is 1. The number of halogens is 1. The maximum absolute atomic E-state index is 12.7. The van der Waals surface area contributed by atoms with Gasteiger partial charge in [-0.1, -0.05) is 29.8 Å². The van der Waals surface area contributed by atoms with Crippen molar-refractivity contribution in [2.75, 3.05) is 12.4 Å². The summed E-state index contributed by atoms with van der Waals surface area (Å²) >= 11 is 11.7. The summed E-state index contributed by atoms with van der Waals surface area (Å²) in [6.45, 7) is 3.86. The first-order chi connectivity index (χ1) is 15.4. The molecule has 0 saturated heterocycles. The number of carbonyl (C=O) groups excluding carboxylic acids is 1. The SMILES string of the molecule is COc1c(C)cccc1C(=O)NC(=S)Nc1ccc(Cl)c(-c2nc3ccc(C)cc3o2)c1. The summed E-state index contributed by atoms with van der Waals surface area (Å²) in [5.41, 5.74) is 5.00. The maximum atomic E-state index is 12.7. The van der Waals surface area contributed by atoms with Crippen LogP contribution in [-0.2, 0) is 0 Å². The van der Waals surface area contributed by atoms with Gasteiger partial charge < -0.3 is 14.5 Å². The Morgan fingerprint density at radius 2 is 1.94 bits per heavy atom. The zero-order valence-corrected chi connectivity index (χ0v) is 19.2. The highest BCUT2D eigenvalue weighted by Crippen LogP contribution is 2.32. The molecule has 3 aromatic carbocycles. The summed E-state index contributed by atoms with van der Waals surface area (Å²) in [4.78, 5) is 17.2. The van der Waals surface area contributed by atoms with Crippen molar-refractivity contribution in [1.29, 1.82) is 0 Å². The number of fused-ring (bicyclic) bond motifs is 1. The molecule has 0 atom stereocenters. The van der Waals surface area contributed by atoms with Crippen molar-refractivity contribution in [1.82, 2.24) is 10.3 Å². The Bertz CT molecular complexity index is 1350. The Morgan fingerprint density at radius 1 is 1.12 bits per heavy atom. The lowest BCUT2D eigenvalue weighted by Gasteiger charge is -2.13. The number of carbonyl (C=O) groups is 1. The Hall–Kier alpha value is -3.42. The van der Waals surface area contributed by atoms with E-state index in [4.69, 9.17) is 33.0 Å². The van der Waals surface area contributed by atoms with E-state index in [1.54, 1.807) is 30.3 Å². The van der Waals surface area contributed by atoms with E-state index in [0.717, 1.165) is 16.6 Å². The van der Waals surface area contributed by atoms with Crippen molar-refractivity contribution in [3.63, 3.8) is 0 Å². The molecule has 0 bridgehead atoms. The number of oxazole rings is 1. The van der Waals surface area contributed by atoms with Gasteiger partial charge >= 0.3 is 0 Å². The third kappa shape index (κ3) is 4.44. The molecule has 0 fully saturated rings. The topological polar surface area (TPSA) is 76.4 Å². The van der Waals surface area contributed by atoms with Crippen LogP contribution in [0.2, 0.25) is 5.02 Å². The zero-order chi connectivity index (χ0) is 22.8. The van der Waals surface area contributed by atoms with Gasteiger partial charge in [-0.15, -0.1) is 0 Å². The molecule has 1 aromatic heterocycles. The number of aromatic nitrogens is 1. The van der Waals surface area contributed by atoms with Crippen LogP contribution in [-0.4, -0.2) is 23.1 Å². The summed E-state index contributed by atoms with van der Waals surface area (Å²) in [5.74, 6) is 0.540. The molecule has 0 aliphatic carbocycles. The molecular formula is C24H20ClN3O3S. The van der Waals surface area contributed by atoms with Gasteiger partial charge in [0.15, 0.2) is 10.7 Å². The first-order valence-corrected chi connectivity index (χ1v) is 10.6. The van der Waals surface area contributed by atoms with Gasteiger partial charge in [0.2, 0.25) is 5.89 Å². The number of aryl methyl sites for hydroxylation is 2. The molecule has 32 heavy (non-hydrogen) atoms. The Balaban J connectivity index is 1.54. The molecule has 8 heteroatoms. The quantitative estimate of drug-likeness (QED) is 0.365. The van der Waals surface area contributed by atoms with Crippen molar-refractivity contribution in [2.24, 2.45) is 0 Å². The molecule has 6 nitrogen and oxygen atoms in total. The fraction of sp³-hybridized carbons (Fsp3) is 0.125. The average Bonchev–Trinajstić information content (AvgIpc) is 3.17. The minimum atomic E-state index is -0.369. The average molecular weight is 466 g/mol. The summed E-state index contributed by atoms with van der Waals surface area (Å²) in [5, 5.41) is 6.31. The number of ether oxygens (including phenoxy) is 1. The Morgan fingerprint density at radius 3 is 2.72 bits per heavy atom. The van der Waals surface area contributed by atoms with Crippen LogP contribution in [0.3, 0.4) is 0 Å². The van der Waals surface area contributed by atoms with E-state index in [2.05, 4.69) is 15.6 Å². The molecule has 0 radical (unpaired) electrons. The Kier molecular flexibility index (Phi) is 6.12. The van der Waals surface area contributed by atoms with E-state index in [1.807, 2.05) is 38.1 Å². The maximum Gasteiger partial charge on any atom is 0.261 e. The molecule has 4 rings (SSSR count). The number of para-hydroxylation sites is 1. The van der Waals surface area contributed by atoms with Gasteiger partial charge in [-0.2, -0.15) is 0 Å². The molecule has 4 aromatic rings. The highest BCUT2D eigenvalue weighted by Gasteiger charge is 2.16. The lowest BCUT2D eigenvalue weighted by molar-refractivity contribution is 0.0974. The second-order valence-electron chi connectivity index (χ2n) is 7.25. The van der Waals surface area contributed by atoms with E-state index in [1.165, 1.54) is 7.11 Å². The van der Waals surface area contributed by atoms with Crippen molar-refractivity contribution in [3.05, 3.63) is 76.3 Å². The standard InChI is InChI=1S/C24H20ClN3O3S/c1-13-7-10-19-20(11-13)31-23(27-19)17-12-15(8-9-18(17)25)26-24(32)28-22(29)16-6-4-5-14(2)21(16)30-3/h4-12H,1-3H3,(H2,26,28,29,32). The van der Waals surface area contributed by atoms with Crippen molar-refractivity contribution in [2.45, 2.75) is 13.8 Å². The van der Waals surface area contributed by atoms with E-state index in [-0.39, 0.29) is 11.0 Å². The number of nitrogens with zero attached hydrogens (tertiary/aromatic N) is 1. The number of hydrogen-bond acceptors (Lipinski definition) is 5. The van der Waals surface area contributed by atoms with Crippen LogP contribution in [0.5, 0.6) is 5.75 Å². The van der Waals surface area contributed by atoms with Crippen LogP contribution in [0.1, 0.15) is 21.5 Å². The molecule has 0 saturated carbocycles. The molecule has 1 amide bonds. The van der Waals surface area contributed by atoms with Gasteiger partial charge in [0.1, 0.15) is 11.3 Å². The van der Waals surface area contributed by atoms with Crippen molar-refractivity contribution >= 4 is 51.6 Å². The Labute approximate surface area is 195 Å². The first-order valence-electron chi connectivity index (χ1n) is 9.79. The van der Waals surface area contributed by atoms with Crippen LogP contribution >= 0.6 is 23.8 Å². The van der Waals surface area contributed by atoms with Gasteiger partial charge in [0, 0.05) is 5.69 Å². The van der Waals surface area contributed by atoms with Crippen LogP contribution < -0.4 is 15.4 Å². The van der Waals surface area contributed by atoms with E-state index < -0.39 is 0 Å². The molecular weight excluding hydrogens is 446 g/mol. The number of rotatable bonds is 4. The minimum absolute atomic E-state index is 0.139. The minimum Gasteiger partial charge on any atom is -0.496 e. The second kappa shape index (κ2) is 8.98. The largest absolute Gasteiger partial charge is 0.496 e. The molecule has 0 spiro atoms. The van der Waals surface area contributed by atoms with E-state index in [9.17, 15) is 4.79 Å². The monoisotopic (exact) mass is 465 g/mol. The van der Waals surface area contributed by atoms with E-state index in [0.29, 0.717) is 39.1 Å². The molecule has 0 aliphatic heterocycles. The lowest BCUT2D eigenvalue weighted by Crippen LogP contribution is -2.34. The number of methoxy groups -OCH3 is 1. The van der Waals surface area contributed by atoms with Crippen molar-refractivity contribution in [3.8, 4) is 17.2 Å². The number of anilines is 1. The summed E-state index contributed by atoms with van der Waals surface area (Å²) in [6, 6.07) is 16.4. The van der Waals surface area contributed by atoms with Crippen LogP contribution in [0.4, 0.5) is 5.69 Å². The third-order valence-corrected chi connectivity index (χ3v) is 5.42.